The van der Waals surface area contributed by atoms with Gasteiger partial charge in [0.25, 0.3) is 0 Å². The molecule has 0 heterocycles. The van der Waals surface area contributed by atoms with E-state index in [9.17, 15) is 0 Å². The lowest BCUT2D eigenvalue weighted by Gasteiger charge is -2.61. The normalized spacial score (nSPS) is 30.2. The predicted octanol–water partition coefficient (Wildman–Crippen LogP) is 11.0. The van der Waals surface area contributed by atoms with Crippen molar-refractivity contribution in [2.24, 2.45) is 0 Å². The molecule has 0 radical (unpaired) electrons. The van der Waals surface area contributed by atoms with Gasteiger partial charge in [0.1, 0.15) is 0 Å². The van der Waals surface area contributed by atoms with Crippen molar-refractivity contribution >= 4 is 26.2 Å². The van der Waals surface area contributed by atoms with Gasteiger partial charge in [0.15, 0.2) is 0 Å². The molecule has 0 bridgehead atoms. The van der Waals surface area contributed by atoms with Crippen molar-refractivity contribution in [2.75, 3.05) is 0 Å². The molecule has 0 unspecified atom stereocenters. The fourth-order valence-corrected chi connectivity index (χ4v) is 25.9. The molecule has 1 aromatic rings. The van der Waals surface area contributed by atoms with E-state index in [1.54, 1.807) is 5.56 Å². The summed E-state index contributed by atoms with van der Waals surface area (Å²) in [7, 11) is -1.67. The van der Waals surface area contributed by atoms with Crippen LogP contribution in [0, 0.1) is 0 Å². The maximum absolute atomic E-state index is 7.89. The molecule has 0 aromatic heterocycles. The molecule has 230 valence electrons. The first-order valence-electron chi connectivity index (χ1n) is 18.1. The molecule has 0 spiro atoms. The molecule has 41 heavy (non-hydrogen) atoms. The standard InChI is InChI=1S/C36H61N2PSSi/c1-41(2,3)36(29-35(36)30-19-9-4-10-20-30)39(40,37(31-21-11-5-12-22-31)32-23-13-6-14-24-32)38(33-25-15-7-16-26-33)34-27-17-8-18-28-34/h4,9-10,19-20,31-35H,5-8,11-18,21-29H2,1-3H3/t35-,36+/m1/s1. The van der Waals surface area contributed by atoms with Gasteiger partial charge in [-0.05, 0) is 69.3 Å². The highest BCUT2D eigenvalue weighted by Crippen LogP contribution is 2.84. The summed E-state index contributed by atoms with van der Waals surface area (Å²) in [5.74, 6) is 0.672. The zero-order valence-electron chi connectivity index (χ0n) is 26.9. The van der Waals surface area contributed by atoms with Crippen LogP contribution in [0.25, 0.3) is 0 Å². The van der Waals surface area contributed by atoms with Gasteiger partial charge in [-0.2, -0.15) is 0 Å². The van der Waals surface area contributed by atoms with Crippen LogP contribution in [0.1, 0.15) is 146 Å². The summed E-state index contributed by atoms with van der Waals surface area (Å²) in [5.41, 5.74) is 1.61. The number of benzene rings is 1. The maximum atomic E-state index is 7.89. The van der Waals surface area contributed by atoms with E-state index < -0.39 is 14.4 Å². The second-order valence-corrected chi connectivity index (χ2v) is 26.0. The summed E-state index contributed by atoms with van der Waals surface area (Å²) in [5, 5.41) is 0. The average Bonchev–Trinajstić information content (AvgIpc) is 3.79. The Hall–Kier alpha value is 0.00688. The van der Waals surface area contributed by atoms with Crippen LogP contribution in [0.15, 0.2) is 30.3 Å². The zero-order chi connectivity index (χ0) is 28.5. The van der Waals surface area contributed by atoms with Gasteiger partial charge in [-0.1, -0.05) is 139 Å². The van der Waals surface area contributed by atoms with E-state index in [4.69, 9.17) is 11.8 Å². The molecule has 0 saturated heterocycles. The van der Waals surface area contributed by atoms with Crippen LogP contribution < -0.4 is 0 Å². The molecule has 2 atom stereocenters. The van der Waals surface area contributed by atoms with Crippen LogP contribution >= 0.6 is 6.34 Å². The quantitative estimate of drug-likeness (QED) is 0.202. The van der Waals surface area contributed by atoms with Gasteiger partial charge in [0, 0.05) is 28.9 Å². The largest absolute Gasteiger partial charge is 0.257 e. The van der Waals surface area contributed by atoms with Gasteiger partial charge in [0.05, 0.1) is 14.4 Å². The molecule has 2 nitrogen and oxygen atoms in total. The van der Waals surface area contributed by atoms with Gasteiger partial charge >= 0.3 is 0 Å². The van der Waals surface area contributed by atoms with Gasteiger partial charge in [-0.3, -0.25) is 9.34 Å². The summed E-state index contributed by atoms with van der Waals surface area (Å²) in [6.07, 6.45) is 27.8. The van der Waals surface area contributed by atoms with E-state index in [2.05, 4.69) is 59.3 Å². The van der Waals surface area contributed by atoms with Crippen LogP contribution in [0.4, 0.5) is 0 Å². The van der Waals surface area contributed by atoms with E-state index in [0.29, 0.717) is 10.7 Å². The SMILES string of the molecule is C[Si](C)(C)[C@@]1(P(=S)(N(C2CCCCC2)C2CCCCC2)N(C2CCCCC2)C2CCCCC2)C[C@@H]1c1ccccc1. The highest BCUT2D eigenvalue weighted by Gasteiger charge is 2.73. The van der Waals surface area contributed by atoms with Crippen LogP contribution in [0.2, 0.25) is 19.6 Å². The highest BCUT2D eigenvalue weighted by molar-refractivity contribution is 8.14. The predicted molar refractivity (Wildman–Crippen MR) is 185 cm³/mol. The molecule has 5 saturated carbocycles. The van der Waals surface area contributed by atoms with Crippen LogP contribution in [0.3, 0.4) is 0 Å². The second kappa shape index (κ2) is 13.2. The molecule has 6 rings (SSSR count). The molecule has 5 fully saturated rings. The Morgan fingerprint density at radius 3 is 1.24 bits per heavy atom. The number of hydrogen-bond acceptors (Lipinski definition) is 1. The minimum atomic E-state index is -2.09. The lowest BCUT2D eigenvalue weighted by molar-refractivity contribution is 0.129. The van der Waals surface area contributed by atoms with Crippen molar-refractivity contribution < 1.29 is 0 Å². The third-order valence-corrected chi connectivity index (χ3v) is 25.2. The first-order valence-corrected chi connectivity index (χ1v) is 24.3. The average molecular weight is 613 g/mol. The molecule has 0 aliphatic heterocycles. The minimum absolute atomic E-state index is 0.334. The van der Waals surface area contributed by atoms with Gasteiger partial charge in [-0.25, -0.2) is 0 Å². The smallest absolute Gasteiger partial charge is 0.0825 e. The van der Waals surface area contributed by atoms with Crippen molar-refractivity contribution in [1.82, 2.24) is 9.34 Å². The van der Waals surface area contributed by atoms with Crippen LogP contribution in [-0.2, 0) is 11.8 Å². The molecular formula is C36H61N2PSSi. The Bertz CT molecular complexity index is 938. The molecular weight excluding hydrogens is 552 g/mol. The monoisotopic (exact) mass is 612 g/mol. The molecule has 5 aliphatic rings. The fourth-order valence-electron chi connectivity index (χ4n) is 10.3. The molecule has 5 aliphatic carbocycles. The van der Waals surface area contributed by atoms with Crippen molar-refractivity contribution in [3.8, 4) is 0 Å². The molecule has 5 heteroatoms. The Labute approximate surface area is 259 Å². The summed E-state index contributed by atoms with van der Waals surface area (Å²) in [4.78, 5) is 0. The van der Waals surface area contributed by atoms with Gasteiger partial charge in [0.2, 0.25) is 0 Å². The van der Waals surface area contributed by atoms with Crippen molar-refractivity contribution in [2.45, 2.75) is 189 Å². The number of rotatable bonds is 9. The van der Waals surface area contributed by atoms with E-state index >= 15 is 0 Å². The molecule has 0 amide bonds. The third-order valence-electron chi connectivity index (χ3n) is 12.4. The first-order chi connectivity index (χ1) is 19.9. The lowest BCUT2D eigenvalue weighted by atomic mass is 9.90. The van der Waals surface area contributed by atoms with Crippen LogP contribution in [-0.4, -0.2) is 46.4 Å². The number of nitrogens with zero attached hydrogens (tertiary/aromatic N) is 2. The highest BCUT2D eigenvalue weighted by atomic mass is 32.4. The van der Waals surface area contributed by atoms with Crippen molar-refractivity contribution in [3.63, 3.8) is 0 Å². The summed E-state index contributed by atoms with van der Waals surface area (Å²) in [6.45, 7) is 8.24. The van der Waals surface area contributed by atoms with Crippen molar-refractivity contribution in [1.29, 1.82) is 0 Å². The second-order valence-electron chi connectivity index (χ2n) is 15.8. The lowest BCUT2D eigenvalue weighted by Crippen LogP contribution is -2.59. The van der Waals surface area contributed by atoms with Gasteiger partial charge in [-0.15, -0.1) is 0 Å². The summed E-state index contributed by atoms with van der Waals surface area (Å²) < 4.78 is 6.98. The fraction of sp³-hybridized carbons (Fsp3) is 0.833. The molecule has 0 N–H and O–H groups in total. The Kier molecular flexibility index (Phi) is 9.95. The Morgan fingerprint density at radius 1 is 0.585 bits per heavy atom. The van der Waals surface area contributed by atoms with E-state index in [-0.39, 0.29) is 0 Å². The Morgan fingerprint density at radius 2 is 0.927 bits per heavy atom. The summed E-state index contributed by atoms with van der Waals surface area (Å²) in [6, 6.07) is 14.7. The summed E-state index contributed by atoms with van der Waals surface area (Å²) >= 11 is 7.89. The van der Waals surface area contributed by atoms with E-state index in [0.717, 1.165) is 24.2 Å². The minimum Gasteiger partial charge on any atom is -0.257 e. The Balaban J connectivity index is 1.56. The van der Waals surface area contributed by atoms with E-state index in [1.165, 1.54) is 135 Å². The maximum Gasteiger partial charge on any atom is 0.0825 e. The van der Waals surface area contributed by atoms with E-state index in [1.807, 2.05) is 0 Å². The molecule has 1 aromatic carbocycles. The topological polar surface area (TPSA) is 6.48 Å². The van der Waals surface area contributed by atoms with Crippen molar-refractivity contribution in [3.05, 3.63) is 35.9 Å². The third kappa shape index (κ3) is 5.90. The van der Waals surface area contributed by atoms with Gasteiger partial charge < -0.3 is 0 Å². The number of hydrogen-bond donors (Lipinski definition) is 0. The first kappa shape index (κ1) is 31.0. The zero-order valence-corrected chi connectivity index (χ0v) is 29.6. The van der Waals surface area contributed by atoms with Crippen LogP contribution in [0.5, 0.6) is 0 Å².